The van der Waals surface area contributed by atoms with Gasteiger partial charge in [0.15, 0.2) is 11.6 Å². The van der Waals surface area contributed by atoms with Crippen molar-refractivity contribution in [2.24, 2.45) is 0 Å². The number of aromatic hydroxyl groups is 1. The largest absolute Gasteiger partial charge is 0.508 e. The van der Waals surface area contributed by atoms with Crippen LogP contribution >= 0.6 is 0 Å². The lowest BCUT2D eigenvalue weighted by molar-refractivity contribution is 0.386. The Balaban J connectivity index is 2.25. The molecule has 3 heteroatoms. The molecule has 0 fully saturated rings. The van der Waals surface area contributed by atoms with Gasteiger partial charge in [0.1, 0.15) is 5.75 Å². The summed E-state index contributed by atoms with van der Waals surface area (Å²) in [7, 11) is 1.43. The maximum Gasteiger partial charge on any atom is 0.165 e. The second-order valence-corrected chi connectivity index (χ2v) is 3.77. The van der Waals surface area contributed by atoms with Crippen LogP contribution in [0.3, 0.4) is 0 Å². The molecule has 0 unspecified atom stereocenters. The van der Waals surface area contributed by atoms with Crippen molar-refractivity contribution < 1.29 is 14.2 Å². The molecule has 17 heavy (non-hydrogen) atoms. The van der Waals surface area contributed by atoms with E-state index < -0.39 is 0 Å². The van der Waals surface area contributed by atoms with Crippen LogP contribution in [0, 0.1) is 5.82 Å². The second kappa shape index (κ2) is 4.87. The summed E-state index contributed by atoms with van der Waals surface area (Å²) < 4.78 is 18.3. The average Bonchev–Trinajstić information content (AvgIpc) is 2.32. The molecule has 0 aliphatic rings. The van der Waals surface area contributed by atoms with Crippen LogP contribution in [0.25, 0.3) is 0 Å². The first-order valence-electron chi connectivity index (χ1n) is 5.30. The van der Waals surface area contributed by atoms with Crippen LogP contribution in [0.4, 0.5) is 4.39 Å². The Morgan fingerprint density at radius 3 is 2.59 bits per heavy atom. The van der Waals surface area contributed by atoms with E-state index in [-0.39, 0.29) is 17.3 Å². The molecule has 0 amide bonds. The number of methoxy groups -OCH3 is 1. The van der Waals surface area contributed by atoms with E-state index in [0.717, 1.165) is 11.1 Å². The standard InChI is InChI=1S/C14H13FO2/c1-17-14-7-6-10(9-12(14)15)8-11-4-2-3-5-13(11)16/h2-7,9,16H,8H2,1H3. The first kappa shape index (κ1) is 11.5. The summed E-state index contributed by atoms with van der Waals surface area (Å²) in [5, 5.41) is 9.62. The average molecular weight is 232 g/mol. The molecule has 0 atom stereocenters. The number of phenolic OH excluding ortho intramolecular Hbond substituents is 1. The number of benzene rings is 2. The van der Waals surface area contributed by atoms with Gasteiger partial charge in [-0.1, -0.05) is 24.3 Å². The van der Waals surface area contributed by atoms with E-state index in [1.165, 1.54) is 13.2 Å². The van der Waals surface area contributed by atoms with Gasteiger partial charge in [-0.15, -0.1) is 0 Å². The van der Waals surface area contributed by atoms with E-state index in [1.807, 2.05) is 12.1 Å². The molecule has 0 radical (unpaired) electrons. The molecular formula is C14H13FO2. The van der Waals surface area contributed by atoms with E-state index in [2.05, 4.69) is 0 Å². The molecule has 0 saturated carbocycles. The summed E-state index contributed by atoms with van der Waals surface area (Å²) in [6.07, 6.45) is 0.494. The van der Waals surface area contributed by atoms with E-state index in [0.29, 0.717) is 6.42 Å². The fraction of sp³-hybridized carbons (Fsp3) is 0.143. The molecule has 0 saturated heterocycles. The molecule has 0 aromatic heterocycles. The maximum atomic E-state index is 13.5. The molecule has 2 rings (SSSR count). The number of halogens is 1. The van der Waals surface area contributed by atoms with Crippen LogP contribution in [0.5, 0.6) is 11.5 Å². The highest BCUT2D eigenvalue weighted by Crippen LogP contribution is 2.23. The van der Waals surface area contributed by atoms with Crippen molar-refractivity contribution in [1.29, 1.82) is 0 Å². The Hall–Kier alpha value is -2.03. The predicted molar refractivity (Wildman–Crippen MR) is 63.9 cm³/mol. The summed E-state index contributed by atoms with van der Waals surface area (Å²) in [4.78, 5) is 0. The van der Waals surface area contributed by atoms with Gasteiger partial charge in [0.05, 0.1) is 7.11 Å². The number of ether oxygens (including phenoxy) is 1. The molecule has 2 aromatic carbocycles. The van der Waals surface area contributed by atoms with Gasteiger partial charge < -0.3 is 9.84 Å². The quantitative estimate of drug-likeness (QED) is 0.881. The fourth-order valence-electron chi connectivity index (χ4n) is 1.70. The number of hydrogen-bond acceptors (Lipinski definition) is 2. The van der Waals surface area contributed by atoms with Gasteiger partial charge in [-0.05, 0) is 29.3 Å². The molecule has 0 aliphatic heterocycles. The SMILES string of the molecule is COc1ccc(Cc2ccccc2O)cc1F. The zero-order chi connectivity index (χ0) is 12.3. The third-order valence-electron chi connectivity index (χ3n) is 2.60. The van der Waals surface area contributed by atoms with Gasteiger partial charge in [-0.3, -0.25) is 0 Å². The Kier molecular flexibility index (Phi) is 3.28. The molecular weight excluding hydrogens is 219 g/mol. The van der Waals surface area contributed by atoms with Gasteiger partial charge in [-0.2, -0.15) is 0 Å². The first-order valence-corrected chi connectivity index (χ1v) is 5.30. The van der Waals surface area contributed by atoms with Gasteiger partial charge in [0.25, 0.3) is 0 Å². The Morgan fingerprint density at radius 2 is 1.94 bits per heavy atom. The van der Waals surface area contributed by atoms with Crippen LogP contribution in [-0.2, 0) is 6.42 Å². The van der Waals surface area contributed by atoms with Crippen molar-refractivity contribution in [3.63, 3.8) is 0 Å². The molecule has 2 aromatic rings. The van der Waals surface area contributed by atoms with Crippen molar-refractivity contribution in [2.45, 2.75) is 6.42 Å². The van der Waals surface area contributed by atoms with E-state index in [1.54, 1.807) is 24.3 Å². The highest BCUT2D eigenvalue weighted by Gasteiger charge is 2.06. The molecule has 1 N–H and O–H groups in total. The minimum Gasteiger partial charge on any atom is -0.508 e. The van der Waals surface area contributed by atoms with Crippen LogP contribution in [0.15, 0.2) is 42.5 Å². The third kappa shape index (κ3) is 2.56. The zero-order valence-electron chi connectivity index (χ0n) is 9.48. The van der Waals surface area contributed by atoms with Crippen molar-refractivity contribution in [3.05, 3.63) is 59.4 Å². The molecule has 0 heterocycles. The molecule has 0 aliphatic carbocycles. The number of hydrogen-bond donors (Lipinski definition) is 1. The lowest BCUT2D eigenvalue weighted by Gasteiger charge is -2.06. The van der Waals surface area contributed by atoms with Crippen LogP contribution < -0.4 is 4.74 Å². The Morgan fingerprint density at radius 1 is 1.18 bits per heavy atom. The van der Waals surface area contributed by atoms with Crippen molar-refractivity contribution in [3.8, 4) is 11.5 Å². The summed E-state index contributed by atoms with van der Waals surface area (Å²) in [5.74, 6) is 0.0650. The number of para-hydroxylation sites is 1. The lowest BCUT2D eigenvalue weighted by atomic mass is 10.0. The summed E-state index contributed by atoms with van der Waals surface area (Å²) >= 11 is 0. The fourth-order valence-corrected chi connectivity index (χ4v) is 1.70. The minimum absolute atomic E-state index is 0.226. The van der Waals surface area contributed by atoms with Crippen LogP contribution in [-0.4, -0.2) is 12.2 Å². The van der Waals surface area contributed by atoms with Gasteiger partial charge >= 0.3 is 0 Å². The lowest BCUT2D eigenvalue weighted by Crippen LogP contribution is -1.93. The summed E-state index contributed by atoms with van der Waals surface area (Å²) in [5.41, 5.74) is 1.57. The van der Waals surface area contributed by atoms with Gasteiger partial charge in [0, 0.05) is 6.42 Å². The highest BCUT2D eigenvalue weighted by molar-refractivity contribution is 5.38. The van der Waals surface area contributed by atoms with Crippen LogP contribution in [0.2, 0.25) is 0 Å². The van der Waals surface area contributed by atoms with Crippen LogP contribution in [0.1, 0.15) is 11.1 Å². The zero-order valence-corrected chi connectivity index (χ0v) is 9.48. The maximum absolute atomic E-state index is 13.5. The van der Waals surface area contributed by atoms with Crippen molar-refractivity contribution in [2.75, 3.05) is 7.11 Å². The monoisotopic (exact) mass is 232 g/mol. The highest BCUT2D eigenvalue weighted by atomic mass is 19.1. The summed E-state index contributed by atoms with van der Waals surface area (Å²) in [6, 6.07) is 11.8. The van der Waals surface area contributed by atoms with Gasteiger partial charge in [-0.25, -0.2) is 4.39 Å². The minimum atomic E-state index is -0.388. The number of phenols is 1. The number of rotatable bonds is 3. The molecule has 0 bridgehead atoms. The molecule has 0 spiro atoms. The van der Waals surface area contributed by atoms with E-state index in [4.69, 9.17) is 4.74 Å². The second-order valence-electron chi connectivity index (χ2n) is 3.77. The van der Waals surface area contributed by atoms with E-state index in [9.17, 15) is 9.50 Å². The van der Waals surface area contributed by atoms with Crippen molar-refractivity contribution >= 4 is 0 Å². The predicted octanol–water partition coefficient (Wildman–Crippen LogP) is 3.13. The molecule has 2 nitrogen and oxygen atoms in total. The Bertz CT molecular complexity index is 523. The Labute approximate surface area is 99.3 Å². The topological polar surface area (TPSA) is 29.5 Å². The van der Waals surface area contributed by atoms with E-state index >= 15 is 0 Å². The summed E-state index contributed by atoms with van der Waals surface area (Å²) in [6.45, 7) is 0. The first-order chi connectivity index (χ1) is 8.20. The van der Waals surface area contributed by atoms with Gasteiger partial charge in [0.2, 0.25) is 0 Å². The molecule has 88 valence electrons. The smallest absolute Gasteiger partial charge is 0.165 e. The van der Waals surface area contributed by atoms with Crippen molar-refractivity contribution in [1.82, 2.24) is 0 Å². The third-order valence-corrected chi connectivity index (χ3v) is 2.60. The normalized spacial score (nSPS) is 10.2.